The molecule has 30 heavy (non-hydrogen) atoms. The van der Waals surface area contributed by atoms with Gasteiger partial charge in [-0.15, -0.1) is 0 Å². The van der Waals surface area contributed by atoms with Crippen LogP contribution < -0.4 is 10.0 Å². The van der Waals surface area contributed by atoms with Crippen LogP contribution in [0.15, 0.2) is 77.7 Å². The van der Waals surface area contributed by atoms with Gasteiger partial charge >= 0.3 is 0 Å². The molecule has 0 fully saturated rings. The third-order valence-electron chi connectivity index (χ3n) is 5.12. The van der Waals surface area contributed by atoms with Gasteiger partial charge in [-0.25, -0.2) is 8.42 Å². The first kappa shape index (κ1) is 21.6. The van der Waals surface area contributed by atoms with Crippen molar-refractivity contribution in [3.63, 3.8) is 0 Å². The smallest absolute Gasteiger partial charge is 0.261 e. The summed E-state index contributed by atoms with van der Waals surface area (Å²) in [5, 5.41) is 3.04. The van der Waals surface area contributed by atoms with Gasteiger partial charge in [0.25, 0.3) is 15.9 Å². The summed E-state index contributed by atoms with van der Waals surface area (Å²) in [7, 11) is -3.80. The Labute approximate surface area is 178 Å². The number of amides is 1. The van der Waals surface area contributed by atoms with Gasteiger partial charge in [0.05, 0.1) is 22.2 Å². The van der Waals surface area contributed by atoms with Gasteiger partial charge in [0.15, 0.2) is 0 Å². The van der Waals surface area contributed by atoms with Crippen molar-refractivity contribution in [2.75, 3.05) is 4.72 Å². The molecule has 0 saturated carbocycles. The summed E-state index contributed by atoms with van der Waals surface area (Å²) in [6.07, 6.45) is 0.714. The lowest BCUT2D eigenvalue weighted by atomic mass is 9.99. The minimum Gasteiger partial charge on any atom is -0.345 e. The lowest BCUT2D eigenvalue weighted by molar-refractivity contribution is 0.0936. The molecule has 0 aliphatic rings. The first-order chi connectivity index (χ1) is 14.3. The second-order valence-corrected chi connectivity index (χ2v) is 8.92. The van der Waals surface area contributed by atoms with Crippen LogP contribution in [0.1, 0.15) is 46.4 Å². The van der Waals surface area contributed by atoms with Crippen molar-refractivity contribution in [1.29, 1.82) is 0 Å². The van der Waals surface area contributed by atoms with E-state index in [1.807, 2.05) is 32.9 Å². The molecule has 0 bridgehead atoms. The topological polar surface area (TPSA) is 75.3 Å². The highest BCUT2D eigenvalue weighted by Gasteiger charge is 2.20. The summed E-state index contributed by atoms with van der Waals surface area (Å²) in [4.78, 5) is 13.2. The molecule has 2 N–H and O–H groups in total. The Hall–Kier alpha value is -3.12. The van der Waals surface area contributed by atoms with Gasteiger partial charge < -0.3 is 5.32 Å². The Morgan fingerprint density at radius 1 is 0.900 bits per heavy atom. The van der Waals surface area contributed by atoms with E-state index in [0.717, 1.165) is 11.1 Å². The molecular weight excluding hydrogens is 396 g/mol. The molecule has 3 aromatic rings. The summed E-state index contributed by atoms with van der Waals surface area (Å²) in [6, 6.07) is 20.7. The van der Waals surface area contributed by atoms with Gasteiger partial charge in [0.2, 0.25) is 0 Å². The SMILES string of the molecule is CC[C@@H](NC(=O)c1ccccc1NS(=O)(=O)c1ccccc1)c1ccc(C)c(C)c1. The predicted molar refractivity (Wildman–Crippen MR) is 120 cm³/mol. The fourth-order valence-electron chi connectivity index (χ4n) is 3.21. The van der Waals surface area contributed by atoms with Crippen molar-refractivity contribution in [3.8, 4) is 0 Å². The lowest BCUT2D eigenvalue weighted by Crippen LogP contribution is -2.29. The van der Waals surface area contributed by atoms with Crippen molar-refractivity contribution in [1.82, 2.24) is 5.32 Å². The van der Waals surface area contributed by atoms with Crippen molar-refractivity contribution in [3.05, 3.63) is 95.1 Å². The average Bonchev–Trinajstić information content (AvgIpc) is 2.74. The van der Waals surface area contributed by atoms with Crippen LogP contribution in [0, 0.1) is 13.8 Å². The van der Waals surface area contributed by atoms with E-state index in [9.17, 15) is 13.2 Å². The van der Waals surface area contributed by atoms with E-state index in [1.54, 1.807) is 42.5 Å². The number of para-hydroxylation sites is 1. The van der Waals surface area contributed by atoms with Crippen LogP contribution in [0.25, 0.3) is 0 Å². The van der Waals surface area contributed by atoms with Crippen molar-refractivity contribution >= 4 is 21.6 Å². The van der Waals surface area contributed by atoms with Gasteiger partial charge in [0.1, 0.15) is 0 Å². The predicted octanol–water partition coefficient (Wildman–Crippen LogP) is 4.99. The van der Waals surface area contributed by atoms with E-state index in [4.69, 9.17) is 0 Å². The molecule has 0 unspecified atom stereocenters. The molecule has 6 heteroatoms. The van der Waals surface area contributed by atoms with Crippen LogP contribution >= 0.6 is 0 Å². The van der Waals surface area contributed by atoms with E-state index >= 15 is 0 Å². The number of benzene rings is 3. The molecule has 3 aromatic carbocycles. The molecule has 156 valence electrons. The Kier molecular flexibility index (Phi) is 6.57. The van der Waals surface area contributed by atoms with Gasteiger partial charge in [-0.3, -0.25) is 9.52 Å². The van der Waals surface area contributed by atoms with Crippen LogP contribution in [0.3, 0.4) is 0 Å². The summed E-state index contributed by atoms with van der Waals surface area (Å²) in [5.41, 5.74) is 3.90. The van der Waals surface area contributed by atoms with Crippen LogP contribution in [0.4, 0.5) is 5.69 Å². The van der Waals surface area contributed by atoms with E-state index in [-0.39, 0.29) is 28.1 Å². The molecule has 1 atom stereocenters. The summed E-state index contributed by atoms with van der Waals surface area (Å²) in [6.45, 7) is 6.10. The standard InChI is InChI=1S/C24H26N2O3S/c1-4-22(19-15-14-17(2)18(3)16-19)25-24(27)21-12-8-9-13-23(21)26-30(28,29)20-10-6-5-7-11-20/h5-16,22,26H,4H2,1-3H3,(H,25,27)/t22-/m1/s1. The molecule has 0 spiro atoms. The molecule has 0 radical (unpaired) electrons. The number of hydrogen-bond acceptors (Lipinski definition) is 3. The Balaban J connectivity index is 1.85. The molecule has 0 aromatic heterocycles. The molecule has 0 aliphatic carbocycles. The molecule has 0 aliphatic heterocycles. The Morgan fingerprint density at radius 2 is 1.57 bits per heavy atom. The number of carbonyl (C=O) groups is 1. The molecule has 1 amide bonds. The number of hydrogen-bond donors (Lipinski definition) is 2. The largest absolute Gasteiger partial charge is 0.345 e. The highest BCUT2D eigenvalue weighted by atomic mass is 32.2. The van der Waals surface area contributed by atoms with E-state index in [0.29, 0.717) is 6.42 Å². The molecule has 5 nitrogen and oxygen atoms in total. The second kappa shape index (κ2) is 9.13. The van der Waals surface area contributed by atoms with Gasteiger partial charge in [-0.1, -0.05) is 55.5 Å². The van der Waals surface area contributed by atoms with Crippen LogP contribution in [0.2, 0.25) is 0 Å². The zero-order chi connectivity index (χ0) is 21.7. The minimum atomic E-state index is -3.80. The third kappa shape index (κ3) is 4.89. The van der Waals surface area contributed by atoms with E-state index < -0.39 is 10.0 Å². The zero-order valence-corrected chi connectivity index (χ0v) is 18.2. The summed E-state index contributed by atoms with van der Waals surface area (Å²) in [5.74, 6) is -0.327. The Bertz CT molecular complexity index is 1140. The Morgan fingerprint density at radius 3 is 2.23 bits per heavy atom. The normalized spacial score (nSPS) is 12.2. The highest BCUT2D eigenvalue weighted by molar-refractivity contribution is 7.92. The fourth-order valence-corrected chi connectivity index (χ4v) is 4.31. The van der Waals surface area contributed by atoms with Crippen molar-refractivity contribution in [2.45, 2.75) is 38.1 Å². The molecule has 0 saturated heterocycles. The third-order valence-corrected chi connectivity index (χ3v) is 6.50. The number of aryl methyl sites for hydroxylation is 2. The van der Waals surface area contributed by atoms with Crippen LogP contribution in [-0.2, 0) is 10.0 Å². The molecule has 3 rings (SSSR count). The monoisotopic (exact) mass is 422 g/mol. The van der Waals surface area contributed by atoms with Crippen LogP contribution in [0.5, 0.6) is 0 Å². The van der Waals surface area contributed by atoms with E-state index in [2.05, 4.69) is 16.1 Å². The van der Waals surface area contributed by atoms with Crippen LogP contribution in [-0.4, -0.2) is 14.3 Å². The number of nitrogens with one attached hydrogen (secondary N) is 2. The number of rotatable bonds is 7. The first-order valence-corrected chi connectivity index (χ1v) is 11.3. The minimum absolute atomic E-state index is 0.141. The van der Waals surface area contributed by atoms with E-state index in [1.165, 1.54) is 17.7 Å². The van der Waals surface area contributed by atoms with Crippen molar-refractivity contribution in [2.24, 2.45) is 0 Å². The number of carbonyl (C=O) groups excluding carboxylic acids is 1. The lowest BCUT2D eigenvalue weighted by Gasteiger charge is -2.20. The molecular formula is C24H26N2O3S. The maximum Gasteiger partial charge on any atom is 0.261 e. The van der Waals surface area contributed by atoms with Gasteiger partial charge in [-0.05, 0) is 61.2 Å². The summed E-state index contributed by atoms with van der Waals surface area (Å²) >= 11 is 0. The first-order valence-electron chi connectivity index (χ1n) is 9.86. The highest BCUT2D eigenvalue weighted by Crippen LogP contribution is 2.23. The maximum absolute atomic E-state index is 13.0. The second-order valence-electron chi connectivity index (χ2n) is 7.24. The van der Waals surface area contributed by atoms with Crippen molar-refractivity contribution < 1.29 is 13.2 Å². The van der Waals surface area contributed by atoms with Gasteiger partial charge in [-0.2, -0.15) is 0 Å². The average molecular weight is 423 g/mol. The zero-order valence-electron chi connectivity index (χ0n) is 17.3. The quantitative estimate of drug-likeness (QED) is 0.563. The maximum atomic E-state index is 13.0. The summed E-state index contributed by atoms with van der Waals surface area (Å²) < 4.78 is 27.9. The number of anilines is 1. The molecule has 0 heterocycles. The number of sulfonamides is 1. The van der Waals surface area contributed by atoms with Gasteiger partial charge in [0, 0.05) is 0 Å². The fraction of sp³-hybridized carbons (Fsp3) is 0.208.